The molecule has 1 amide bonds. The van der Waals surface area contributed by atoms with Crippen molar-refractivity contribution < 1.29 is 23.1 Å². The molecule has 0 atom stereocenters. The van der Waals surface area contributed by atoms with Crippen molar-refractivity contribution in [3.8, 4) is 11.1 Å². The molecule has 0 fully saturated rings. The number of rotatable bonds is 6. The molecule has 0 bridgehead atoms. The molecule has 2 N–H and O–H groups in total. The zero-order valence-electron chi connectivity index (χ0n) is 16.8. The van der Waals surface area contributed by atoms with Gasteiger partial charge < -0.3 is 10.4 Å². The summed E-state index contributed by atoms with van der Waals surface area (Å²) in [5, 5.41) is 16.7. The van der Waals surface area contributed by atoms with Gasteiger partial charge in [-0.05, 0) is 47.0 Å². The minimum absolute atomic E-state index is 0.128. The van der Waals surface area contributed by atoms with Crippen LogP contribution in [-0.4, -0.2) is 38.9 Å². The molecule has 32 heavy (non-hydrogen) atoms. The second kappa shape index (κ2) is 8.80. The Balaban J connectivity index is 1.66. The molecular formula is C23H19F3N4O2. The molecule has 0 aliphatic carbocycles. The fraction of sp³-hybridized carbons (Fsp3) is 0.174. The van der Waals surface area contributed by atoms with E-state index in [-0.39, 0.29) is 25.4 Å². The first-order chi connectivity index (χ1) is 15.3. The van der Waals surface area contributed by atoms with E-state index in [9.17, 15) is 18.0 Å². The molecular weight excluding hydrogens is 421 g/mol. The second-order valence-corrected chi connectivity index (χ2v) is 7.17. The fourth-order valence-electron chi connectivity index (χ4n) is 3.44. The zero-order chi connectivity index (χ0) is 22.7. The molecule has 4 aromatic rings. The van der Waals surface area contributed by atoms with Gasteiger partial charge in [0, 0.05) is 24.3 Å². The number of halogens is 3. The summed E-state index contributed by atoms with van der Waals surface area (Å²) in [5.74, 6) is -0.395. The van der Waals surface area contributed by atoms with Gasteiger partial charge in [0.25, 0.3) is 5.91 Å². The quantitative estimate of drug-likeness (QED) is 0.477. The van der Waals surface area contributed by atoms with Crippen molar-refractivity contribution in [2.24, 2.45) is 0 Å². The number of alkyl halides is 3. The molecule has 9 heteroatoms. The van der Waals surface area contributed by atoms with Crippen LogP contribution in [-0.2, 0) is 12.7 Å². The molecule has 0 unspecified atom stereocenters. The number of amides is 1. The summed E-state index contributed by atoms with van der Waals surface area (Å²) in [7, 11) is 0. The van der Waals surface area contributed by atoms with Crippen LogP contribution in [0.3, 0.4) is 0 Å². The number of aromatic nitrogens is 3. The van der Waals surface area contributed by atoms with E-state index in [1.807, 2.05) is 18.2 Å². The molecule has 6 nitrogen and oxygen atoms in total. The lowest BCUT2D eigenvalue weighted by Crippen LogP contribution is -2.27. The number of fused-ring (bicyclic) bond motifs is 1. The average molecular weight is 440 g/mol. The highest BCUT2D eigenvalue weighted by atomic mass is 19.4. The van der Waals surface area contributed by atoms with Crippen LogP contribution in [0.15, 0.2) is 67.0 Å². The lowest BCUT2D eigenvalue weighted by atomic mass is 10.0. The number of aliphatic hydroxyl groups is 1. The molecule has 0 aliphatic rings. The Hall–Kier alpha value is -3.72. The van der Waals surface area contributed by atoms with Gasteiger partial charge in [-0.3, -0.25) is 14.5 Å². The van der Waals surface area contributed by atoms with E-state index in [0.717, 1.165) is 28.6 Å². The molecule has 0 aliphatic heterocycles. The summed E-state index contributed by atoms with van der Waals surface area (Å²) < 4.78 is 40.6. The van der Waals surface area contributed by atoms with E-state index in [1.54, 1.807) is 29.1 Å². The number of benzene rings is 2. The minimum atomic E-state index is -4.40. The van der Waals surface area contributed by atoms with Crippen molar-refractivity contribution in [2.75, 3.05) is 13.2 Å². The third-order valence-corrected chi connectivity index (χ3v) is 4.90. The molecule has 0 saturated carbocycles. The van der Waals surface area contributed by atoms with Gasteiger partial charge in [0.15, 0.2) is 0 Å². The van der Waals surface area contributed by atoms with E-state index >= 15 is 0 Å². The number of pyridine rings is 1. The first-order valence-electron chi connectivity index (χ1n) is 9.83. The van der Waals surface area contributed by atoms with E-state index in [2.05, 4.69) is 15.4 Å². The molecule has 2 aromatic carbocycles. The lowest BCUT2D eigenvalue weighted by Gasteiger charge is -2.08. The normalized spacial score (nSPS) is 11.6. The van der Waals surface area contributed by atoms with Crippen molar-refractivity contribution in [1.82, 2.24) is 20.1 Å². The average Bonchev–Trinajstić information content (AvgIpc) is 3.19. The maximum absolute atomic E-state index is 13.0. The van der Waals surface area contributed by atoms with Crippen molar-refractivity contribution in [1.29, 1.82) is 0 Å². The van der Waals surface area contributed by atoms with Crippen LogP contribution in [0, 0.1) is 0 Å². The van der Waals surface area contributed by atoms with Crippen LogP contribution in [0.2, 0.25) is 0 Å². The van der Waals surface area contributed by atoms with Gasteiger partial charge in [0.2, 0.25) is 0 Å². The highest BCUT2D eigenvalue weighted by molar-refractivity contribution is 5.97. The number of hydrogen-bond donors (Lipinski definition) is 2. The predicted octanol–water partition coefficient (Wildman–Crippen LogP) is 3.89. The number of hydrogen-bond acceptors (Lipinski definition) is 4. The van der Waals surface area contributed by atoms with Crippen LogP contribution in [0.25, 0.3) is 22.0 Å². The van der Waals surface area contributed by atoms with Crippen LogP contribution in [0.5, 0.6) is 0 Å². The maximum Gasteiger partial charge on any atom is 0.416 e. The monoisotopic (exact) mass is 440 g/mol. The highest BCUT2D eigenvalue weighted by Gasteiger charge is 2.30. The largest absolute Gasteiger partial charge is 0.416 e. The Morgan fingerprint density at radius 3 is 2.69 bits per heavy atom. The first kappa shape index (κ1) is 21.5. The summed E-state index contributed by atoms with van der Waals surface area (Å²) in [6.07, 6.45) is -1.10. The Labute approximate surface area is 181 Å². The minimum Gasteiger partial charge on any atom is -0.395 e. The van der Waals surface area contributed by atoms with Crippen molar-refractivity contribution >= 4 is 16.8 Å². The van der Waals surface area contributed by atoms with Crippen LogP contribution < -0.4 is 5.32 Å². The van der Waals surface area contributed by atoms with Gasteiger partial charge in [0.05, 0.1) is 24.2 Å². The number of carbonyl (C=O) groups excluding carboxylic acids is 1. The number of carbonyl (C=O) groups is 1. The topological polar surface area (TPSA) is 80.0 Å². The SMILES string of the molecule is O=C(NCCO)c1cc(-c2cccc3nn(Cc4cccc(C(F)(F)F)c4)cc23)ccn1. The molecule has 164 valence electrons. The van der Waals surface area contributed by atoms with E-state index in [4.69, 9.17) is 5.11 Å². The number of nitrogens with one attached hydrogen (secondary N) is 1. The van der Waals surface area contributed by atoms with Gasteiger partial charge in [-0.15, -0.1) is 0 Å². The molecule has 4 rings (SSSR count). The van der Waals surface area contributed by atoms with Gasteiger partial charge in [-0.25, -0.2) is 0 Å². The standard InChI is InChI=1S/C23H19F3N4O2/c24-23(25,26)17-4-1-3-15(11-17)13-30-14-19-18(5-2-6-20(19)29-30)16-7-8-27-21(12-16)22(32)28-9-10-31/h1-8,11-12,14,31H,9-10,13H2,(H,28,32). The van der Waals surface area contributed by atoms with Gasteiger partial charge in [-0.2, -0.15) is 18.3 Å². The van der Waals surface area contributed by atoms with Crippen LogP contribution >= 0.6 is 0 Å². The summed E-state index contributed by atoms with van der Waals surface area (Å²) in [4.78, 5) is 16.3. The summed E-state index contributed by atoms with van der Waals surface area (Å²) in [6, 6.07) is 14.1. The molecule has 0 spiro atoms. The smallest absolute Gasteiger partial charge is 0.395 e. The van der Waals surface area contributed by atoms with Gasteiger partial charge in [0.1, 0.15) is 5.69 Å². The third kappa shape index (κ3) is 4.62. The Morgan fingerprint density at radius 2 is 1.91 bits per heavy atom. The zero-order valence-corrected chi connectivity index (χ0v) is 16.8. The van der Waals surface area contributed by atoms with Crippen molar-refractivity contribution in [2.45, 2.75) is 12.7 Å². The van der Waals surface area contributed by atoms with Crippen molar-refractivity contribution in [3.63, 3.8) is 0 Å². The first-order valence-corrected chi connectivity index (χ1v) is 9.83. The Morgan fingerprint density at radius 1 is 1.09 bits per heavy atom. The van der Waals surface area contributed by atoms with Crippen LogP contribution in [0.4, 0.5) is 13.2 Å². The summed E-state index contributed by atoms with van der Waals surface area (Å²) in [5.41, 5.74) is 2.24. The van der Waals surface area contributed by atoms with Crippen molar-refractivity contribution in [3.05, 3.63) is 83.8 Å². The predicted molar refractivity (Wildman–Crippen MR) is 113 cm³/mol. The molecule has 2 aromatic heterocycles. The van der Waals surface area contributed by atoms with E-state index in [1.165, 1.54) is 12.3 Å². The second-order valence-electron chi connectivity index (χ2n) is 7.17. The van der Waals surface area contributed by atoms with Gasteiger partial charge >= 0.3 is 6.18 Å². The maximum atomic E-state index is 13.0. The Bertz CT molecular complexity index is 1270. The van der Waals surface area contributed by atoms with Gasteiger partial charge in [-0.1, -0.05) is 24.3 Å². The number of aliphatic hydroxyl groups excluding tert-OH is 1. The molecule has 0 saturated heterocycles. The Kier molecular flexibility index (Phi) is 5.91. The summed E-state index contributed by atoms with van der Waals surface area (Å²) >= 11 is 0. The third-order valence-electron chi connectivity index (χ3n) is 4.90. The van der Waals surface area contributed by atoms with E-state index in [0.29, 0.717) is 11.1 Å². The summed E-state index contributed by atoms with van der Waals surface area (Å²) in [6.45, 7) is 0.141. The molecule has 2 heterocycles. The fourth-order valence-corrected chi connectivity index (χ4v) is 3.44. The van der Waals surface area contributed by atoms with E-state index < -0.39 is 17.6 Å². The van der Waals surface area contributed by atoms with Crippen LogP contribution in [0.1, 0.15) is 21.6 Å². The highest BCUT2D eigenvalue weighted by Crippen LogP contribution is 2.31. The lowest BCUT2D eigenvalue weighted by molar-refractivity contribution is -0.137. The number of nitrogens with zero attached hydrogens (tertiary/aromatic N) is 3. The molecule has 0 radical (unpaired) electrons.